The highest BCUT2D eigenvalue weighted by molar-refractivity contribution is 9.11. The van der Waals surface area contributed by atoms with Gasteiger partial charge in [-0.15, -0.1) is 11.3 Å². The van der Waals surface area contributed by atoms with E-state index in [1.807, 2.05) is 6.92 Å². The largest absolute Gasteiger partial charge is 0.342 e. The zero-order chi connectivity index (χ0) is 8.60. The zero-order valence-corrected chi connectivity index (χ0v) is 8.94. The molecule has 5 heteroatoms. The molecule has 2 rings (SSSR count). The molecule has 0 N–H and O–H groups in total. The van der Waals surface area contributed by atoms with Gasteiger partial charge in [-0.1, -0.05) is 0 Å². The standard InChI is InChI=1S/C7H8BrNO2S/c1-7(10-2-3-11-7)6-9-4-5(8)12-6/h4H,2-3H2,1H3. The molecule has 0 aliphatic carbocycles. The Morgan fingerprint density at radius 3 is 2.75 bits per heavy atom. The topological polar surface area (TPSA) is 31.4 Å². The molecule has 0 bridgehead atoms. The molecular formula is C7H8BrNO2S. The van der Waals surface area contributed by atoms with Crippen LogP contribution in [0.4, 0.5) is 0 Å². The van der Waals surface area contributed by atoms with Crippen molar-refractivity contribution in [3.63, 3.8) is 0 Å². The van der Waals surface area contributed by atoms with Crippen molar-refractivity contribution in [3.8, 4) is 0 Å². The van der Waals surface area contributed by atoms with Crippen molar-refractivity contribution in [2.24, 2.45) is 0 Å². The van der Waals surface area contributed by atoms with Crippen LogP contribution >= 0.6 is 27.3 Å². The number of halogens is 1. The Labute approximate surface area is 82.8 Å². The molecule has 1 fully saturated rings. The monoisotopic (exact) mass is 249 g/mol. The predicted octanol–water partition coefficient (Wildman–Crippen LogP) is 2.13. The molecule has 0 spiro atoms. The summed E-state index contributed by atoms with van der Waals surface area (Å²) in [6, 6.07) is 0. The van der Waals surface area contributed by atoms with Crippen molar-refractivity contribution in [2.45, 2.75) is 12.7 Å². The fourth-order valence-corrected chi connectivity index (χ4v) is 2.36. The van der Waals surface area contributed by atoms with Gasteiger partial charge in [0.2, 0.25) is 5.79 Å². The Bertz CT molecular complexity index is 283. The molecule has 12 heavy (non-hydrogen) atoms. The van der Waals surface area contributed by atoms with Gasteiger partial charge in [0.1, 0.15) is 0 Å². The molecule has 1 aromatic rings. The second kappa shape index (κ2) is 3.06. The second-order valence-corrected chi connectivity index (χ2v) is 5.02. The lowest BCUT2D eigenvalue weighted by Crippen LogP contribution is -2.21. The minimum absolute atomic E-state index is 0.614. The van der Waals surface area contributed by atoms with Crippen LogP contribution in [-0.4, -0.2) is 18.2 Å². The zero-order valence-electron chi connectivity index (χ0n) is 6.54. The van der Waals surface area contributed by atoms with E-state index in [9.17, 15) is 0 Å². The van der Waals surface area contributed by atoms with E-state index in [-0.39, 0.29) is 0 Å². The predicted molar refractivity (Wildman–Crippen MR) is 49.1 cm³/mol. The van der Waals surface area contributed by atoms with E-state index in [4.69, 9.17) is 9.47 Å². The lowest BCUT2D eigenvalue weighted by molar-refractivity contribution is -0.149. The summed E-state index contributed by atoms with van der Waals surface area (Å²) >= 11 is 4.89. The molecule has 2 heterocycles. The Balaban J connectivity index is 2.28. The number of hydrogen-bond acceptors (Lipinski definition) is 4. The summed E-state index contributed by atoms with van der Waals surface area (Å²) in [7, 11) is 0. The first-order chi connectivity index (χ1) is 5.71. The summed E-state index contributed by atoms with van der Waals surface area (Å²) in [5.41, 5.74) is 0. The lowest BCUT2D eigenvalue weighted by Gasteiger charge is -2.18. The summed E-state index contributed by atoms with van der Waals surface area (Å²) in [4.78, 5) is 4.19. The third kappa shape index (κ3) is 1.42. The average molecular weight is 250 g/mol. The van der Waals surface area contributed by atoms with Crippen molar-refractivity contribution >= 4 is 27.3 Å². The van der Waals surface area contributed by atoms with Crippen LogP contribution in [-0.2, 0) is 15.3 Å². The molecule has 3 nitrogen and oxygen atoms in total. The van der Waals surface area contributed by atoms with Crippen LogP contribution in [0.2, 0.25) is 0 Å². The molecule has 0 radical (unpaired) electrons. The van der Waals surface area contributed by atoms with Gasteiger partial charge >= 0.3 is 0 Å². The third-order valence-electron chi connectivity index (χ3n) is 1.70. The highest BCUT2D eigenvalue weighted by atomic mass is 79.9. The van der Waals surface area contributed by atoms with Crippen molar-refractivity contribution in [1.29, 1.82) is 0 Å². The molecular weight excluding hydrogens is 242 g/mol. The highest BCUT2D eigenvalue weighted by Gasteiger charge is 2.36. The second-order valence-electron chi connectivity index (χ2n) is 2.61. The molecule has 0 saturated carbocycles. The van der Waals surface area contributed by atoms with E-state index in [1.54, 1.807) is 6.20 Å². The van der Waals surface area contributed by atoms with Gasteiger partial charge in [-0.05, 0) is 22.9 Å². The van der Waals surface area contributed by atoms with Gasteiger partial charge < -0.3 is 9.47 Å². The van der Waals surface area contributed by atoms with E-state index >= 15 is 0 Å². The number of nitrogens with zero attached hydrogens (tertiary/aromatic N) is 1. The molecule has 1 aromatic heterocycles. The van der Waals surface area contributed by atoms with Crippen molar-refractivity contribution in [1.82, 2.24) is 4.98 Å². The van der Waals surface area contributed by atoms with Crippen LogP contribution in [0.25, 0.3) is 0 Å². The number of rotatable bonds is 1. The first-order valence-electron chi connectivity index (χ1n) is 3.60. The summed E-state index contributed by atoms with van der Waals surface area (Å²) < 4.78 is 11.9. The van der Waals surface area contributed by atoms with Crippen LogP contribution in [0.15, 0.2) is 9.98 Å². The van der Waals surface area contributed by atoms with E-state index < -0.39 is 5.79 Å². The van der Waals surface area contributed by atoms with Gasteiger partial charge in [-0.3, -0.25) is 0 Å². The Morgan fingerprint density at radius 2 is 2.25 bits per heavy atom. The van der Waals surface area contributed by atoms with Crippen LogP contribution in [0, 0.1) is 0 Å². The van der Waals surface area contributed by atoms with Crippen LogP contribution < -0.4 is 0 Å². The van der Waals surface area contributed by atoms with E-state index in [0.717, 1.165) is 8.79 Å². The minimum atomic E-state index is -0.614. The number of ether oxygens (including phenoxy) is 2. The van der Waals surface area contributed by atoms with Crippen LogP contribution in [0.5, 0.6) is 0 Å². The van der Waals surface area contributed by atoms with Crippen molar-refractivity contribution in [2.75, 3.05) is 13.2 Å². The number of aromatic nitrogens is 1. The molecule has 1 aliphatic rings. The lowest BCUT2D eigenvalue weighted by atomic mass is 10.3. The van der Waals surface area contributed by atoms with Gasteiger partial charge in [0.05, 0.1) is 23.2 Å². The van der Waals surface area contributed by atoms with Gasteiger partial charge in [0.25, 0.3) is 0 Å². The fraction of sp³-hybridized carbons (Fsp3) is 0.571. The molecule has 0 unspecified atom stereocenters. The first kappa shape index (κ1) is 8.62. The molecule has 0 atom stereocenters. The number of hydrogen-bond donors (Lipinski definition) is 0. The summed E-state index contributed by atoms with van der Waals surface area (Å²) in [6.45, 7) is 3.19. The van der Waals surface area contributed by atoms with Crippen LogP contribution in [0.3, 0.4) is 0 Å². The average Bonchev–Trinajstić information content (AvgIpc) is 2.59. The quantitative estimate of drug-likeness (QED) is 0.765. The maximum Gasteiger partial charge on any atom is 0.219 e. The molecule has 66 valence electrons. The number of thiazole rings is 1. The molecule has 1 saturated heterocycles. The maximum absolute atomic E-state index is 5.44. The molecule has 0 amide bonds. The summed E-state index contributed by atoms with van der Waals surface area (Å²) in [6.07, 6.45) is 1.76. The third-order valence-corrected chi connectivity index (χ3v) is 3.36. The van der Waals surface area contributed by atoms with E-state index in [0.29, 0.717) is 13.2 Å². The Morgan fingerprint density at radius 1 is 1.58 bits per heavy atom. The molecule has 0 aromatic carbocycles. The summed E-state index contributed by atoms with van der Waals surface area (Å²) in [5, 5.41) is 0.867. The van der Waals surface area contributed by atoms with E-state index in [2.05, 4.69) is 20.9 Å². The molecule has 1 aliphatic heterocycles. The van der Waals surface area contributed by atoms with Crippen molar-refractivity contribution in [3.05, 3.63) is 15.0 Å². The van der Waals surface area contributed by atoms with Gasteiger partial charge in [0, 0.05) is 0 Å². The maximum atomic E-state index is 5.44. The minimum Gasteiger partial charge on any atom is -0.342 e. The van der Waals surface area contributed by atoms with Crippen LogP contribution in [0.1, 0.15) is 11.9 Å². The van der Waals surface area contributed by atoms with Crippen molar-refractivity contribution < 1.29 is 9.47 Å². The Hall–Kier alpha value is 0.0300. The van der Waals surface area contributed by atoms with E-state index in [1.165, 1.54) is 11.3 Å². The smallest absolute Gasteiger partial charge is 0.219 e. The summed E-state index contributed by atoms with van der Waals surface area (Å²) in [5.74, 6) is -0.614. The van der Waals surface area contributed by atoms with Gasteiger partial charge in [-0.25, -0.2) is 4.98 Å². The Kier molecular flexibility index (Phi) is 2.20. The first-order valence-corrected chi connectivity index (χ1v) is 5.21. The fourth-order valence-electron chi connectivity index (χ4n) is 1.10. The SMILES string of the molecule is CC1(c2ncc(Br)s2)OCCO1. The van der Waals surface area contributed by atoms with Gasteiger partial charge in [-0.2, -0.15) is 0 Å². The van der Waals surface area contributed by atoms with Gasteiger partial charge in [0.15, 0.2) is 5.01 Å². The highest BCUT2D eigenvalue weighted by Crippen LogP contribution is 2.34. The normalized spacial score (nSPS) is 21.5.